The lowest BCUT2D eigenvalue weighted by Crippen LogP contribution is -2.60. The second-order valence-corrected chi connectivity index (χ2v) is 21.8. The molecule has 0 bridgehead atoms. The summed E-state index contributed by atoms with van der Waals surface area (Å²) in [4.78, 5) is 13.0. The summed E-state index contributed by atoms with van der Waals surface area (Å²) in [7, 11) is -0.926. The predicted octanol–water partition coefficient (Wildman–Crippen LogP) is 6.87. The van der Waals surface area contributed by atoms with E-state index in [1.54, 1.807) is 0 Å². The molecule has 0 aromatic heterocycles. The standard InChI is InChI=1S/C41H81NO9Si/c1-3-4-5-6-7-8-9-10-11-14-17-21-26-34(44)37(46)33(32-50-41-40(49)39(48)38(47)35(31-43)51-41)42-36(45)27-22-18-15-12-13-16-19-23-28-52(2)29-24-20-25-30-52/h33-35,37-41,43-44,46-49H,3-32H2,1-2H3,(H,42,45)/t33-,34+,35?,37-,38?,39?,40?,41?/m0/s1. The number of rotatable bonds is 31. The Balaban J connectivity index is 1.71. The first kappa shape index (κ1) is 47.5. The summed E-state index contributed by atoms with van der Waals surface area (Å²) in [5.74, 6) is -0.251. The summed E-state index contributed by atoms with van der Waals surface area (Å²) < 4.78 is 11.1. The van der Waals surface area contributed by atoms with Crippen LogP contribution >= 0.6 is 0 Å². The summed E-state index contributed by atoms with van der Waals surface area (Å²) >= 11 is 0. The maximum absolute atomic E-state index is 13.0. The third-order valence-electron chi connectivity index (χ3n) is 11.8. The van der Waals surface area contributed by atoms with E-state index in [4.69, 9.17) is 9.47 Å². The van der Waals surface area contributed by atoms with Crippen LogP contribution in [-0.2, 0) is 14.3 Å². The number of nitrogens with one attached hydrogen (secondary N) is 1. The highest BCUT2D eigenvalue weighted by molar-refractivity contribution is 6.78. The van der Waals surface area contributed by atoms with E-state index < -0.39 is 63.6 Å². The number of carbonyl (C=O) groups is 1. The molecule has 52 heavy (non-hydrogen) atoms. The molecule has 2 fully saturated rings. The van der Waals surface area contributed by atoms with Crippen LogP contribution in [0.25, 0.3) is 0 Å². The smallest absolute Gasteiger partial charge is 0.220 e. The topological polar surface area (TPSA) is 169 Å². The van der Waals surface area contributed by atoms with Gasteiger partial charge in [0.2, 0.25) is 5.91 Å². The van der Waals surface area contributed by atoms with Crippen molar-refractivity contribution < 1.29 is 44.9 Å². The van der Waals surface area contributed by atoms with Crippen molar-refractivity contribution in [2.45, 2.75) is 241 Å². The molecule has 10 nitrogen and oxygen atoms in total. The van der Waals surface area contributed by atoms with Gasteiger partial charge in [-0.2, -0.15) is 0 Å². The monoisotopic (exact) mass is 760 g/mol. The quantitative estimate of drug-likeness (QED) is 0.0295. The molecule has 8 atom stereocenters. The average Bonchev–Trinajstić information content (AvgIpc) is 3.14. The lowest BCUT2D eigenvalue weighted by atomic mass is 9.98. The molecule has 7 N–H and O–H groups in total. The lowest BCUT2D eigenvalue weighted by molar-refractivity contribution is -0.303. The van der Waals surface area contributed by atoms with Crippen LogP contribution in [0.15, 0.2) is 0 Å². The van der Waals surface area contributed by atoms with Crippen molar-refractivity contribution in [2.75, 3.05) is 13.2 Å². The van der Waals surface area contributed by atoms with Crippen LogP contribution in [0.1, 0.15) is 167 Å². The highest BCUT2D eigenvalue weighted by Crippen LogP contribution is 2.33. The molecule has 1 amide bonds. The number of unbranched alkanes of at least 4 members (excludes halogenated alkanes) is 18. The van der Waals surface area contributed by atoms with E-state index in [0.717, 1.165) is 38.5 Å². The van der Waals surface area contributed by atoms with E-state index >= 15 is 0 Å². The molecule has 2 aliphatic rings. The van der Waals surface area contributed by atoms with Gasteiger partial charge in [0.1, 0.15) is 30.5 Å². The second kappa shape index (κ2) is 28.7. The summed E-state index contributed by atoms with van der Waals surface area (Å²) in [6, 6.07) is 3.59. The van der Waals surface area contributed by atoms with E-state index in [9.17, 15) is 35.4 Å². The number of ether oxygens (including phenoxy) is 2. The summed E-state index contributed by atoms with van der Waals surface area (Å²) in [6.07, 6.45) is 19.0. The average molecular weight is 760 g/mol. The van der Waals surface area contributed by atoms with Gasteiger partial charge in [-0.05, 0) is 12.8 Å². The number of carbonyl (C=O) groups excluding carboxylic acids is 1. The van der Waals surface area contributed by atoms with Gasteiger partial charge in [0.25, 0.3) is 0 Å². The third kappa shape index (κ3) is 19.8. The minimum Gasteiger partial charge on any atom is -0.394 e. The number of aliphatic hydroxyl groups excluding tert-OH is 6. The van der Waals surface area contributed by atoms with Crippen LogP contribution in [0.2, 0.25) is 24.7 Å². The van der Waals surface area contributed by atoms with Gasteiger partial charge in [-0.1, -0.05) is 173 Å². The fraction of sp³-hybridized carbons (Fsp3) is 0.976. The summed E-state index contributed by atoms with van der Waals surface area (Å²) in [5.41, 5.74) is 0. The fourth-order valence-electron chi connectivity index (χ4n) is 8.09. The second-order valence-electron chi connectivity index (χ2n) is 16.6. The van der Waals surface area contributed by atoms with Gasteiger partial charge < -0.3 is 45.4 Å². The number of aliphatic hydroxyl groups is 6. The number of hydrogen-bond acceptors (Lipinski definition) is 9. The van der Waals surface area contributed by atoms with Gasteiger partial charge in [0, 0.05) is 6.42 Å². The molecule has 2 saturated heterocycles. The molecule has 2 aliphatic heterocycles. The van der Waals surface area contributed by atoms with Crippen molar-refractivity contribution in [1.82, 2.24) is 5.32 Å². The van der Waals surface area contributed by atoms with Gasteiger partial charge in [-0.15, -0.1) is 0 Å². The Labute approximate surface area is 317 Å². The molecule has 0 aromatic carbocycles. The minimum absolute atomic E-state index is 0.251. The molecule has 5 unspecified atom stereocenters. The van der Waals surface area contributed by atoms with Gasteiger partial charge >= 0.3 is 0 Å². The number of amides is 1. The van der Waals surface area contributed by atoms with E-state index in [1.807, 2.05) is 0 Å². The van der Waals surface area contributed by atoms with Gasteiger partial charge in [-0.25, -0.2) is 0 Å². The van der Waals surface area contributed by atoms with Crippen molar-refractivity contribution in [3.05, 3.63) is 0 Å². The Morgan fingerprint density at radius 2 is 1.25 bits per heavy atom. The molecule has 11 heteroatoms. The first-order valence-corrected chi connectivity index (χ1v) is 24.8. The van der Waals surface area contributed by atoms with E-state index in [0.29, 0.717) is 12.8 Å². The first-order valence-electron chi connectivity index (χ1n) is 21.7. The molecule has 0 saturated carbocycles. The normalized spacial score (nSPS) is 25.1. The van der Waals surface area contributed by atoms with E-state index in [2.05, 4.69) is 18.8 Å². The zero-order valence-electron chi connectivity index (χ0n) is 33.2. The Hall–Kier alpha value is -0.633. The summed E-state index contributed by atoms with van der Waals surface area (Å²) in [5, 5.41) is 65.1. The predicted molar refractivity (Wildman–Crippen MR) is 211 cm³/mol. The molecule has 0 aliphatic carbocycles. The van der Waals surface area contributed by atoms with E-state index in [1.165, 1.54) is 127 Å². The lowest BCUT2D eigenvalue weighted by Gasteiger charge is -2.40. The van der Waals surface area contributed by atoms with Crippen LogP contribution in [0.5, 0.6) is 0 Å². The zero-order chi connectivity index (χ0) is 38.0. The Morgan fingerprint density at radius 3 is 1.81 bits per heavy atom. The van der Waals surface area contributed by atoms with Gasteiger partial charge in [-0.3, -0.25) is 4.79 Å². The third-order valence-corrected chi connectivity index (χ3v) is 16.5. The highest BCUT2D eigenvalue weighted by Gasteiger charge is 2.44. The van der Waals surface area contributed by atoms with Crippen molar-refractivity contribution >= 4 is 14.0 Å². The molecule has 0 aromatic rings. The first-order chi connectivity index (χ1) is 25.1. The Kier molecular flexibility index (Phi) is 26.3. The summed E-state index contributed by atoms with van der Waals surface area (Å²) in [6.45, 7) is 3.96. The largest absolute Gasteiger partial charge is 0.394 e. The Bertz CT molecular complexity index is 877. The number of hydrogen-bond donors (Lipinski definition) is 7. The minimum atomic E-state index is -1.60. The van der Waals surface area contributed by atoms with Crippen LogP contribution in [-0.4, -0.2) is 107 Å². The van der Waals surface area contributed by atoms with Crippen LogP contribution < -0.4 is 5.32 Å². The molecule has 2 heterocycles. The van der Waals surface area contributed by atoms with Gasteiger partial charge in [0.15, 0.2) is 6.29 Å². The molecular weight excluding hydrogens is 679 g/mol. The molecule has 0 radical (unpaired) electrons. The SMILES string of the molecule is CCCCCCCCCCCCCC[C@@H](O)[C@@H](O)[C@H](COC1OC(CO)C(O)C(O)C1O)NC(=O)CCCCCCCCCC[Si]1(C)CCCCC1. The van der Waals surface area contributed by atoms with Crippen molar-refractivity contribution in [2.24, 2.45) is 0 Å². The van der Waals surface area contributed by atoms with E-state index in [-0.39, 0.29) is 12.5 Å². The highest BCUT2D eigenvalue weighted by atomic mass is 28.3. The van der Waals surface area contributed by atoms with Crippen LogP contribution in [0, 0.1) is 0 Å². The van der Waals surface area contributed by atoms with Crippen LogP contribution in [0.4, 0.5) is 0 Å². The fourth-order valence-corrected chi connectivity index (χ4v) is 12.2. The van der Waals surface area contributed by atoms with Gasteiger partial charge in [0.05, 0.1) is 33.4 Å². The van der Waals surface area contributed by atoms with Crippen LogP contribution in [0.3, 0.4) is 0 Å². The van der Waals surface area contributed by atoms with Crippen molar-refractivity contribution in [3.63, 3.8) is 0 Å². The molecule has 308 valence electrons. The Morgan fingerprint density at radius 1 is 0.731 bits per heavy atom. The van der Waals surface area contributed by atoms with Crippen molar-refractivity contribution in [1.29, 1.82) is 0 Å². The van der Waals surface area contributed by atoms with Crippen molar-refractivity contribution in [3.8, 4) is 0 Å². The maximum Gasteiger partial charge on any atom is 0.220 e. The molecular formula is C41H81NO9Si. The zero-order valence-corrected chi connectivity index (χ0v) is 34.2. The maximum atomic E-state index is 13.0. The molecule has 0 spiro atoms. The molecule has 2 rings (SSSR count).